The van der Waals surface area contributed by atoms with E-state index < -0.39 is 47.3 Å². The van der Waals surface area contributed by atoms with E-state index in [2.05, 4.69) is 15.6 Å². The number of aryl methyl sites for hydroxylation is 1. The number of nitrogens with one attached hydrogen (secondary N) is 2. The predicted octanol–water partition coefficient (Wildman–Crippen LogP) is 2.55. The molecule has 0 bridgehead atoms. The van der Waals surface area contributed by atoms with Crippen LogP contribution in [0.4, 0.5) is 23.4 Å². The molecule has 184 valence electrons. The Morgan fingerprint density at radius 1 is 1.23 bits per heavy atom. The minimum absolute atomic E-state index is 0.0169. The number of aromatic nitrogens is 3. The summed E-state index contributed by atoms with van der Waals surface area (Å²) < 4.78 is 57.5. The quantitative estimate of drug-likeness (QED) is 0.287. The highest BCUT2D eigenvalue weighted by Crippen LogP contribution is 2.28. The first-order chi connectivity index (χ1) is 16.7. The molecule has 1 aliphatic rings. The number of anilines is 1. The van der Waals surface area contributed by atoms with Gasteiger partial charge in [0.25, 0.3) is 11.3 Å². The van der Waals surface area contributed by atoms with Gasteiger partial charge in [0.2, 0.25) is 5.91 Å². The zero-order chi connectivity index (χ0) is 25.2. The van der Waals surface area contributed by atoms with Crippen LogP contribution in [0.3, 0.4) is 0 Å². The smallest absolute Gasteiger partial charge is 0.347 e. The summed E-state index contributed by atoms with van der Waals surface area (Å²) in [6, 6.07) is 6.69. The maximum absolute atomic E-state index is 14.5. The average molecular weight is 491 g/mol. The first-order valence-corrected chi connectivity index (χ1v) is 10.8. The summed E-state index contributed by atoms with van der Waals surface area (Å²) >= 11 is 0. The number of hydrogen-bond donors (Lipinski definition) is 2. The third-order valence-electron chi connectivity index (χ3n) is 5.78. The van der Waals surface area contributed by atoms with Crippen LogP contribution in [0.1, 0.15) is 35.8 Å². The molecule has 3 heterocycles. The summed E-state index contributed by atoms with van der Waals surface area (Å²) in [6.45, 7) is -1.26. The van der Waals surface area contributed by atoms with Gasteiger partial charge < -0.3 is 20.4 Å². The van der Waals surface area contributed by atoms with Crippen LogP contribution in [0.5, 0.6) is 0 Å². The van der Waals surface area contributed by atoms with Crippen LogP contribution in [0, 0.1) is 16.8 Å². The minimum Gasteiger partial charge on any atom is -0.618 e. The summed E-state index contributed by atoms with van der Waals surface area (Å²) in [7, 11) is 0. The fourth-order valence-electron chi connectivity index (χ4n) is 4.01. The predicted molar refractivity (Wildman–Crippen MR) is 116 cm³/mol. The lowest BCUT2D eigenvalue weighted by molar-refractivity contribution is -0.624. The number of carbonyl (C=O) groups is 1. The molecule has 35 heavy (non-hydrogen) atoms. The summed E-state index contributed by atoms with van der Waals surface area (Å²) in [5.41, 5.74) is -0.926. The van der Waals surface area contributed by atoms with E-state index in [1.165, 1.54) is 35.0 Å². The Hall–Kier alpha value is -3.96. The van der Waals surface area contributed by atoms with Crippen molar-refractivity contribution >= 4 is 11.7 Å². The third-order valence-corrected chi connectivity index (χ3v) is 5.78. The number of benzene rings is 1. The Balaban J connectivity index is 1.44. The SMILES string of the molecule is O=C(CC1CCc2cnc(NCC(F)(F)c3cccc[n+]3[O-])c(=O)n21)NCc1cccc(F)c1F. The van der Waals surface area contributed by atoms with Crippen LogP contribution in [-0.2, 0) is 23.7 Å². The lowest BCUT2D eigenvalue weighted by atomic mass is 10.1. The Bertz CT molecular complexity index is 1310. The average Bonchev–Trinajstić information content (AvgIpc) is 3.23. The van der Waals surface area contributed by atoms with E-state index in [-0.39, 0.29) is 29.1 Å². The van der Waals surface area contributed by atoms with Crippen molar-refractivity contribution in [2.24, 2.45) is 0 Å². The molecule has 0 radical (unpaired) electrons. The molecule has 2 aromatic heterocycles. The zero-order valence-electron chi connectivity index (χ0n) is 18.3. The van der Waals surface area contributed by atoms with E-state index in [0.29, 0.717) is 18.5 Å². The van der Waals surface area contributed by atoms with E-state index in [9.17, 15) is 32.4 Å². The molecule has 0 fully saturated rings. The van der Waals surface area contributed by atoms with E-state index in [0.717, 1.165) is 18.3 Å². The first kappa shape index (κ1) is 24.2. The number of alkyl halides is 2. The molecule has 0 aliphatic carbocycles. The molecule has 12 heteroatoms. The van der Waals surface area contributed by atoms with Gasteiger partial charge in [-0.3, -0.25) is 9.59 Å². The van der Waals surface area contributed by atoms with Crippen molar-refractivity contribution in [2.45, 2.75) is 37.8 Å². The molecule has 1 aromatic carbocycles. The molecule has 2 N–H and O–H groups in total. The van der Waals surface area contributed by atoms with Gasteiger partial charge in [0, 0.05) is 48.6 Å². The van der Waals surface area contributed by atoms with Crippen LogP contribution in [0.25, 0.3) is 0 Å². The van der Waals surface area contributed by atoms with Crippen LogP contribution >= 0.6 is 0 Å². The number of carbonyl (C=O) groups excluding carboxylic acids is 1. The molecule has 1 unspecified atom stereocenters. The number of halogens is 4. The number of fused-ring (bicyclic) bond motifs is 1. The van der Waals surface area contributed by atoms with E-state index >= 15 is 0 Å². The second kappa shape index (κ2) is 9.72. The first-order valence-electron chi connectivity index (χ1n) is 10.8. The minimum atomic E-state index is -3.58. The van der Waals surface area contributed by atoms with E-state index in [1.807, 2.05) is 0 Å². The Labute approximate surface area is 196 Å². The monoisotopic (exact) mass is 491 g/mol. The molecule has 1 amide bonds. The highest BCUT2D eigenvalue weighted by Gasteiger charge is 2.39. The standard InChI is InChI=1S/C23H21F4N5O3/c24-17-5-3-4-14(20(17)25)11-28-19(33)10-15-7-8-16-12-29-21(22(34)32(15)16)30-13-23(26,27)18-6-1-2-9-31(18)35/h1-6,9,12,15H,7-8,10-11,13H2,(H,28,33)(H,29,30). The largest absolute Gasteiger partial charge is 0.618 e. The van der Waals surface area contributed by atoms with Crippen LogP contribution < -0.4 is 20.9 Å². The number of amides is 1. The van der Waals surface area contributed by atoms with Crippen molar-refractivity contribution < 1.29 is 27.1 Å². The van der Waals surface area contributed by atoms with Gasteiger partial charge in [-0.05, 0) is 25.0 Å². The molecular weight excluding hydrogens is 470 g/mol. The highest BCUT2D eigenvalue weighted by molar-refractivity contribution is 5.76. The fourth-order valence-corrected chi connectivity index (χ4v) is 4.01. The summed E-state index contributed by atoms with van der Waals surface area (Å²) in [4.78, 5) is 29.3. The van der Waals surface area contributed by atoms with Crippen molar-refractivity contribution in [3.05, 3.63) is 92.9 Å². The van der Waals surface area contributed by atoms with Crippen molar-refractivity contribution in [1.82, 2.24) is 14.9 Å². The maximum Gasteiger partial charge on any atom is 0.347 e. The number of nitrogens with zero attached hydrogens (tertiary/aromatic N) is 3. The molecule has 0 spiro atoms. The fraction of sp³-hybridized carbons (Fsp3) is 0.304. The molecule has 0 saturated heterocycles. The van der Waals surface area contributed by atoms with Crippen molar-refractivity contribution in [3.8, 4) is 0 Å². The Morgan fingerprint density at radius 2 is 2.03 bits per heavy atom. The molecule has 1 aliphatic heterocycles. The van der Waals surface area contributed by atoms with Crippen LogP contribution in [0.15, 0.2) is 53.6 Å². The van der Waals surface area contributed by atoms with Gasteiger partial charge in [0.1, 0.15) is 0 Å². The van der Waals surface area contributed by atoms with Gasteiger partial charge in [-0.1, -0.05) is 12.1 Å². The third kappa shape index (κ3) is 5.10. The number of rotatable bonds is 8. The number of hydrogen-bond acceptors (Lipinski definition) is 5. The zero-order valence-corrected chi connectivity index (χ0v) is 18.3. The van der Waals surface area contributed by atoms with Gasteiger partial charge >= 0.3 is 5.92 Å². The summed E-state index contributed by atoms with van der Waals surface area (Å²) in [6.07, 6.45) is 3.10. The normalized spacial score (nSPS) is 15.0. The Morgan fingerprint density at radius 3 is 2.80 bits per heavy atom. The van der Waals surface area contributed by atoms with Crippen molar-refractivity contribution in [3.63, 3.8) is 0 Å². The lowest BCUT2D eigenvalue weighted by Gasteiger charge is -2.18. The summed E-state index contributed by atoms with van der Waals surface area (Å²) in [5, 5.41) is 16.5. The molecular formula is C23H21F4N5O3. The van der Waals surface area contributed by atoms with Gasteiger partial charge in [0.15, 0.2) is 23.6 Å². The molecule has 1 atom stereocenters. The second-order valence-electron chi connectivity index (χ2n) is 8.13. The highest BCUT2D eigenvalue weighted by atomic mass is 19.3. The van der Waals surface area contributed by atoms with Crippen molar-refractivity contribution in [1.29, 1.82) is 0 Å². The molecule has 3 aromatic rings. The topological polar surface area (TPSA) is 103 Å². The lowest BCUT2D eigenvalue weighted by Crippen LogP contribution is -2.41. The maximum atomic E-state index is 14.5. The summed E-state index contributed by atoms with van der Waals surface area (Å²) in [5.74, 6) is -6.47. The van der Waals surface area contributed by atoms with Crippen LogP contribution in [-0.4, -0.2) is 22.0 Å². The van der Waals surface area contributed by atoms with Crippen LogP contribution in [0.2, 0.25) is 0 Å². The number of pyridine rings is 1. The molecule has 0 saturated carbocycles. The molecule has 8 nitrogen and oxygen atoms in total. The Kier molecular flexibility index (Phi) is 6.72. The molecule has 4 rings (SSSR count). The van der Waals surface area contributed by atoms with E-state index in [4.69, 9.17) is 0 Å². The van der Waals surface area contributed by atoms with Crippen molar-refractivity contribution in [2.75, 3.05) is 11.9 Å². The van der Waals surface area contributed by atoms with Gasteiger partial charge in [-0.15, -0.1) is 0 Å². The van der Waals surface area contributed by atoms with E-state index in [1.54, 1.807) is 0 Å². The second-order valence-corrected chi connectivity index (χ2v) is 8.13. The van der Waals surface area contributed by atoms with Gasteiger partial charge in [-0.2, -0.15) is 13.5 Å². The van der Waals surface area contributed by atoms with Gasteiger partial charge in [-0.25, -0.2) is 13.8 Å². The van der Waals surface area contributed by atoms with Gasteiger partial charge in [0.05, 0.1) is 6.54 Å².